The first kappa shape index (κ1) is 12.6. The molecule has 0 aromatic heterocycles. The minimum atomic E-state index is -0.302. The molecule has 1 heterocycles. The van der Waals surface area contributed by atoms with Gasteiger partial charge in [-0.2, -0.15) is 0 Å². The van der Waals surface area contributed by atoms with Crippen molar-refractivity contribution < 1.29 is 14.9 Å². The summed E-state index contributed by atoms with van der Waals surface area (Å²) in [5.41, 5.74) is 1.91. The van der Waals surface area contributed by atoms with Crippen LogP contribution in [0, 0.1) is 6.92 Å². The van der Waals surface area contributed by atoms with Gasteiger partial charge < -0.3 is 16.0 Å². The Morgan fingerprint density at radius 1 is 1.44 bits per heavy atom. The van der Waals surface area contributed by atoms with E-state index in [0.29, 0.717) is 6.54 Å². The van der Waals surface area contributed by atoms with Crippen LogP contribution in [-0.4, -0.2) is 30.9 Å². The van der Waals surface area contributed by atoms with Crippen LogP contribution in [-0.2, 0) is 9.59 Å². The highest BCUT2D eigenvalue weighted by molar-refractivity contribution is 5.94. The topological polar surface area (TPSA) is 74.8 Å². The van der Waals surface area contributed by atoms with Crippen molar-refractivity contribution in [3.05, 3.63) is 29.8 Å². The molecule has 96 valence electrons. The van der Waals surface area contributed by atoms with E-state index in [2.05, 4.69) is 10.6 Å². The Labute approximate surface area is 106 Å². The van der Waals surface area contributed by atoms with Crippen molar-refractivity contribution in [2.45, 2.75) is 19.4 Å². The van der Waals surface area contributed by atoms with E-state index in [-0.39, 0.29) is 24.3 Å². The maximum Gasteiger partial charge on any atom is 0.278 e. The summed E-state index contributed by atoms with van der Waals surface area (Å²) in [6.45, 7) is 3.50. The molecule has 1 aliphatic heterocycles. The molecule has 1 aliphatic rings. The number of rotatable bonds is 3. The van der Waals surface area contributed by atoms with Gasteiger partial charge in [0.2, 0.25) is 5.91 Å². The number of anilines is 1. The van der Waals surface area contributed by atoms with E-state index in [9.17, 15) is 9.59 Å². The molecule has 1 aromatic rings. The number of benzene rings is 1. The zero-order chi connectivity index (χ0) is 13.0. The van der Waals surface area contributed by atoms with Gasteiger partial charge in [-0.3, -0.25) is 9.59 Å². The van der Waals surface area contributed by atoms with Gasteiger partial charge in [-0.05, 0) is 19.1 Å². The first-order chi connectivity index (χ1) is 8.65. The molecule has 0 unspecified atom stereocenters. The monoisotopic (exact) mass is 248 g/mol. The molecule has 0 bridgehead atoms. The molecular formula is C13H18N3O2+. The molecule has 5 nitrogen and oxygen atoms in total. The van der Waals surface area contributed by atoms with Crippen molar-refractivity contribution in [1.82, 2.24) is 5.32 Å². The number of carbonyl (C=O) groups is 2. The molecule has 1 saturated heterocycles. The van der Waals surface area contributed by atoms with E-state index >= 15 is 0 Å². The van der Waals surface area contributed by atoms with Gasteiger partial charge in [0, 0.05) is 5.69 Å². The van der Waals surface area contributed by atoms with Crippen molar-refractivity contribution in [2.75, 3.05) is 18.4 Å². The second-order valence-corrected chi connectivity index (χ2v) is 4.54. The Hall–Kier alpha value is -1.88. The summed E-state index contributed by atoms with van der Waals surface area (Å²) in [4.78, 5) is 23.3. The van der Waals surface area contributed by atoms with Gasteiger partial charge in [-0.15, -0.1) is 0 Å². The van der Waals surface area contributed by atoms with Crippen LogP contribution in [0.4, 0.5) is 5.69 Å². The van der Waals surface area contributed by atoms with Crippen molar-refractivity contribution >= 4 is 17.5 Å². The quantitative estimate of drug-likeness (QED) is 0.667. The summed E-state index contributed by atoms with van der Waals surface area (Å²) in [6, 6.07) is 7.30. The van der Waals surface area contributed by atoms with Crippen molar-refractivity contribution in [3.63, 3.8) is 0 Å². The molecule has 2 amide bonds. The van der Waals surface area contributed by atoms with Gasteiger partial charge in [0.05, 0.1) is 19.5 Å². The zero-order valence-electron chi connectivity index (χ0n) is 10.4. The average Bonchev–Trinajstić information content (AvgIpc) is 2.35. The Kier molecular flexibility index (Phi) is 3.94. The molecule has 0 saturated carbocycles. The highest BCUT2D eigenvalue weighted by Crippen LogP contribution is 2.09. The first-order valence-corrected chi connectivity index (χ1v) is 6.13. The summed E-state index contributed by atoms with van der Waals surface area (Å²) >= 11 is 0. The summed E-state index contributed by atoms with van der Waals surface area (Å²) in [6.07, 6.45) is 0.208. The predicted molar refractivity (Wildman–Crippen MR) is 68.0 cm³/mol. The van der Waals surface area contributed by atoms with Gasteiger partial charge in [-0.1, -0.05) is 17.7 Å². The van der Waals surface area contributed by atoms with Crippen LogP contribution >= 0.6 is 0 Å². The van der Waals surface area contributed by atoms with Crippen LogP contribution in [0.25, 0.3) is 0 Å². The Morgan fingerprint density at radius 2 is 2.17 bits per heavy atom. The van der Waals surface area contributed by atoms with Crippen LogP contribution in [0.3, 0.4) is 0 Å². The van der Waals surface area contributed by atoms with E-state index in [1.807, 2.05) is 36.5 Å². The van der Waals surface area contributed by atoms with Crippen LogP contribution in [0.2, 0.25) is 0 Å². The van der Waals surface area contributed by atoms with E-state index in [1.165, 1.54) is 0 Å². The fourth-order valence-corrected chi connectivity index (χ4v) is 1.94. The van der Waals surface area contributed by atoms with E-state index in [4.69, 9.17) is 0 Å². The minimum Gasteiger partial charge on any atom is -0.345 e. The fraction of sp³-hybridized carbons (Fsp3) is 0.385. The predicted octanol–water partition coefficient (Wildman–Crippen LogP) is -0.615. The standard InChI is InChI=1S/C13H17N3O2/c1-9-2-4-10(5-3-9)16-12(17)8-11-13(18)15-7-6-14-11/h2-5,11,14H,6-8H2,1H3,(H,15,18)(H,16,17)/p+1/t11-/m1/s1. The van der Waals surface area contributed by atoms with Gasteiger partial charge in [-0.25, -0.2) is 0 Å². The lowest BCUT2D eigenvalue weighted by Crippen LogP contribution is -2.96. The summed E-state index contributed by atoms with van der Waals surface area (Å²) in [5.74, 6) is -0.183. The molecule has 1 atom stereocenters. The van der Waals surface area contributed by atoms with E-state index in [0.717, 1.165) is 17.8 Å². The molecule has 0 spiro atoms. The second kappa shape index (κ2) is 5.64. The Morgan fingerprint density at radius 3 is 2.83 bits per heavy atom. The van der Waals surface area contributed by atoms with Gasteiger partial charge in [0.25, 0.3) is 5.91 Å². The summed E-state index contributed by atoms with van der Waals surface area (Å²) in [7, 11) is 0. The molecule has 1 aromatic carbocycles. The second-order valence-electron chi connectivity index (χ2n) is 4.54. The number of aryl methyl sites for hydroxylation is 1. The minimum absolute atomic E-state index is 0.0553. The number of hydrogen-bond acceptors (Lipinski definition) is 2. The molecule has 18 heavy (non-hydrogen) atoms. The van der Waals surface area contributed by atoms with Crippen LogP contribution in [0.5, 0.6) is 0 Å². The third kappa shape index (κ3) is 3.30. The highest BCUT2D eigenvalue weighted by atomic mass is 16.2. The molecule has 4 N–H and O–H groups in total. The number of hydrogen-bond donors (Lipinski definition) is 3. The summed E-state index contributed by atoms with van der Waals surface area (Å²) in [5, 5.41) is 7.47. The van der Waals surface area contributed by atoms with Crippen LogP contribution in [0.1, 0.15) is 12.0 Å². The van der Waals surface area contributed by atoms with E-state index < -0.39 is 0 Å². The van der Waals surface area contributed by atoms with E-state index in [1.54, 1.807) is 0 Å². The lowest BCUT2D eigenvalue weighted by atomic mass is 10.1. The number of nitrogens with one attached hydrogen (secondary N) is 2. The molecule has 0 radical (unpaired) electrons. The Bertz CT molecular complexity index is 442. The number of carbonyl (C=O) groups excluding carboxylic acids is 2. The maximum atomic E-state index is 11.8. The Balaban J connectivity index is 1.88. The maximum absolute atomic E-state index is 11.8. The number of piperazine rings is 1. The number of nitrogens with two attached hydrogens (primary N) is 1. The lowest BCUT2D eigenvalue weighted by molar-refractivity contribution is -0.678. The molecule has 1 fully saturated rings. The van der Waals surface area contributed by atoms with Crippen molar-refractivity contribution in [2.24, 2.45) is 0 Å². The molecule has 2 rings (SSSR count). The van der Waals surface area contributed by atoms with Crippen LogP contribution in [0.15, 0.2) is 24.3 Å². The molecule has 5 heteroatoms. The first-order valence-electron chi connectivity index (χ1n) is 6.13. The lowest BCUT2D eigenvalue weighted by Gasteiger charge is -2.19. The zero-order valence-corrected chi connectivity index (χ0v) is 10.4. The average molecular weight is 248 g/mol. The van der Waals surface area contributed by atoms with Crippen molar-refractivity contribution in [3.8, 4) is 0 Å². The largest absolute Gasteiger partial charge is 0.345 e. The molecular weight excluding hydrogens is 230 g/mol. The number of quaternary nitrogens is 1. The third-order valence-electron chi connectivity index (χ3n) is 2.97. The van der Waals surface area contributed by atoms with Crippen molar-refractivity contribution in [1.29, 1.82) is 0 Å². The van der Waals surface area contributed by atoms with Gasteiger partial charge in [0.1, 0.15) is 0 Å². The SMILES string of the molecule is Cc1ccc(NC(=O)C[C@H]2[NH2+]CCNC2=O)cc1. The van der Waals surface area contributed by atoms with Crippen LogP contribution < -0.4 is 16.0 Å². The highest BCUT2D eigenvalue weighted by Gasteiger charge is 2.27. The smallest absolute Gasteiger partial charge is 0.278 e. The number of amides is 2. The van der Waals surface area contributed by atoms with Gasteiger partial charge >= 0.3 is 0 Å². The molecule has 0 aliphatic carbocycles. The normalized spacial score (nSPS) is 19.2. The fourth-order valence-electron chi connectivity index (χ4n) is 1.94. The third-order valence-corrected chi connectivity index (χ3v) is 2.97. The van der Waals surface area contributed by atoms with Gasteiger partial charge in [0.15, 0.2) is 6.04 Å². The summed E-state index contributed by atoms with van der Waals surface area (Å²) < 4.78 is 0.